The maximum atomic E-state index is 10.6. The summed E-state index contributed by atoms with van der Waals surface area (Å²) in [5, 5.41) is 20.1. The van der Waals surface area contributed by atoms with Crippen LogP contribution in [0.2, 0.25) is 0 Å². The van der Waals surface area contributed by atoms with Crippen molar-refractivity contribution in [3.8, 4) is 11.5 Å². The third kappa shape index (κ3) is 2.73. The van der Waals surface area contributed by atoms with Crippen LogP contribution in [0.15, 0.2) is 29.6 Å². The summed E-state index contributed by atoms with van der Waals surface area (Å²) in [5.41, 5.74) is 0.00545. The van der Waals surface area contributed by atoms with Crippen LogP contribution in [-0.2, 0) is 6.61 Å². The highest BCUT2D eigenvalue weighted by atomic mass is 32.1. The lowest BCUT2D eigenvalue weighted by molar-refractivity contribution is 0.0691. The third-order valence-electron chi connectivity index (χ3n) is 1.99. The quantitative estimate of drug-likeness (QED) is 0.870. The number of carboxylic acids is 1. The summed E-state index contributed by atoms with van der Waals surface area (Å²) in [6.07, 6.45) is 0. The molecule has 0 unspecified atom stereocenters. The Hall–Kier alpha value is -2.08. The van der Waals surface area contributed by atoms with Gasteiger partial charge in [-0.2, -0.15) is 0 Å². The van der Waals surface area contributed by atoms with Crippen LogP contribution in [0.3, 0.4) is 0 Å². The lowest BCUT2D eigenvalue weighted by Gasteiger charge is -2.05. The van der Waals surface area contributed by atoms with Gasteiger partial charge in [-0.15, -0.1) is 11.3 Å². The predicted octanol–water partition coefficient (Wildman–Crippen LogP) is 2.13. The van der Waals surface area contributed by atoms with Gasteiger partial charge < -0.3 is 14.9 Å². The molecule has 0 spiro atoms. The van der Waals surface area contributed by atoms with Crippen molar-refractivity contribution in [1.82, 2.24) is 4.98 Å². The maximum Gasteiger partial charge on any atom is 0.355 e. The number of aromatic carboxylic acids is 1. The number of phenolic OH excluding ortho intramolecular Hbond substituents is 1. The second-order valence-corrected chi connectivity index (χ2v) is 4.13. The van der Waals surface area contributed by atoms with E-state index in [1.165, 1.54) is 22.8 Å². The van der Waals surface area contributed by atoms with Gasteiger partial charge >= 0.3 is 5.97 Å². The first kappa shape index (κ1) is 11.4. The first-order chi connectivity index (χ1) is 8.16. The lowest BCUT2D eigenvalue weighted by Crippen LogP contribution is -1.99. The molecule has 5 nitrogen and oxygen atoms in total. The SMILES string of the molecule is O=C(O)c1csc(COc2ccccc2O)n1. The second-order valence-electron chi connectivity index (χ2n) is 3.19. The monoisotopic (exact) mass is 251 g/mol. The Morgan fingerprint density at radius 3 is 2.82 bits per heavy atom. The zero-order valence-electron chi connectivity index (χ0n) is 8.66. The molecular formula is C11H9NO4S. The number of ether oxygens (including phenoxy) is 1. The number of para-hydroxylation sites is 2. The molecule has 17 heavy (non-hydrogen) atoms. The average Bonchev–Trinajstić information content (AvgIpc) is 2.77. The van der Waals surface area contributed by atoms with Crippen LogP contribution in [0.5, 0.6) is 11.5 Å². The molecule has 0 aliphatic carbocycles. The molecule has 88 valence electrons. The van der Waals surface area contributed by atoms with E-state index in [0.29, 0.717) is 10.8 Å². The second kappa shape index (κ2) is 4.84. The average molecular weight is 251 g/mol. The third-order valence-corrected chi connectivity index (χ3v) is 2.81. The van der Waals surface area contributed by atoms with E-state index in [1.54, 1.807) is 18.2 Å². The number of thiazole rings is 1. The molecule has 0 amide bonds. The molecule has 0 bridgehead atoms. The Balaban J connectivity index is 2.02. The number of aromatic hydroxyl groups is 1. The standard InChI is InChI=1S/C11H9NO4S/c13-8-3-1-2-4-9(8)16-5-10-12-7(6-17-10)11(14)15/h1-4,6,13H,5H2,(H,14,15). The molecule has 0 saturated carbocycles. The molecular weight excluding hydrogens is 242 g/mol. The molecule has 0 fully saturated rings. The number of carbonyl (C=O) groups is 1. The highest BCUT2D eigenvalue weighted by Gasteiger charge is 2.09. The first-order valence-corrected chi connectivity index (χ1v) is 5.63. The van der Waals surface area contributed by atoms with Gasteiger partial charge in [0.1, 0.15) is 11.6 Å². The van der Waals surface area contributed by atoms with E-state index in [0.717, 1.165) is 0 Å². The van der Waals surface area contributed by atoms with E-state index >= 15 is 0 Å². The fourth-order valence-electron chi connectivity index (χ4n) is 1.19. The number of aromatic nitrogens is 1. The number of carboxylic acid groups (broad SMARTS) is 1. The largest absolute Gasteiger partial charge is 0.504 e. The Bertz CT molecular complexity index is 538. The smallest absolute Gasteiger partial charge is 0.355 e. The number of phenols is 1. The normalized spacial score (nSPS) is 10.1. The zero-order chi connectivity index (χ0) is 12.3. The summed E-state index contributed by atoms with van der Waals surface area (Å²) in [6, 6.07) is 6.56. The summed E-state index contributed by atoms with van der Waals surface area (Å²) in [4.78, 5) is 14.5. The van der Waals surface area contributed by atoms with Gasteiger partial charge in [-0.25, -0.2) is 9.78 Å². The van der Waals surface area contributed by atoms with Gasteiger partial charge in [0.2, 0.25) is 0 Å². The number of benzene rings is 1. The van der Waals surface area contributed by atoms with Gasteiger partial charge in [-0.05, 0) is 12.1 Å². The molecule has 0 aliphatic rings. The predicted molar refractivity (Wildman–Crippen MR) is 61.5 cm³/mol. The van der Waals surface area contributed by atoms with Gasteiger partial charge in [-0.1, -0.05) is 12.1 Å². The van der Waals surface area contributed by atoms with Crippen molar-refractivity contribution >= 4 is 17.3 Å². The highest BCUT2D eigenvalue weighted by molar-refractivity contribution is 7.09. The molecule has 1 aromatic heterocycles. The van der Waals surface area contributed by atoms with Crippen LogP contribution in [0.4, 0.5) is 0 Å². The molecule has 6 heteroatoms. The van der Waals surface area contributed by atoms with Gasteiger partial charge in [0.25, 0.3) is 0 Å². The van der Waals surface area contributed by atoms with Crippen LogP contribution < -0.4 is 4.74 Å². The molecule has 1 heterocycles. The van der Waals surface area contributed by atoms with Crippen molar-refractivity contribution < 1.29 is 19.7 Å². The summed E-state index contributed by atoms with van der Waals surface area (Å²) in [5.74, 6) is -0.669. The number of hydrogen-bond acceptors (Lipinski definition) is 5. The molecule has 0 aliphatic heterocycles. The Morgan fingerprint density at radius 1 is 1.41 bits per heavy atom. The molecule has 2 rings (SSSR count). The molecule has 0 saturated heterocycles. The van der Waals surface area contributed by atoms with Gasteiger partial charge in [0, 0.05) is 5.38 Å². The maximum absolute atomic E-state index is 10.6. The van der Waals surface area contributed by atoms with Crippen LogP contribution in [0.25, 0.3) is 0 Å². The zero-order valence-corrected chi connectivity index (χ0v) is 9.48. The van der Waals surface area contributed by atoms with Crippen LogP contribution in [-0.4, -0.2) is 21.2 Å². The van der Waals surface area contributed by atoms with Crippen molar-refractivity contribution in [2.75, 3.05) is 0 Å². The molecule has 2 N–H and O–H groups in total. The number of nitrogens with zero attached hydrogens (tertiary/aromatic N) is 1. The van der Waals surface area contributed by atoms with Crippen LogP contribution in [0, 0.1) is 0 Å². The molecule has 0 atom stereocenters. The fraction of sp³-hybridized carbons (Fsp3) is 0.0909. The molecule has 2 aromatic rings. The lowest BCUT2D eigenvalue weighted by atomic mass is 10.3. The Kier molecular flexibility index (Phi) is 3.24. The van der Waals surface area contributed by atoms with E-state index < -0.39 is 5.97 Å². The minimum absolute atomic E-state index is 0.00545. The molecule has 0 radical (unpaired) electrons. The number of rotatable bonds is 4. The van der Waals surface area contributed by atoms with E-state index in [1.807, 2.05) is 0 Å². The van der Waals surface area contributed by atoms with Crippen molar-refractivity contribution in [2.45, 2.75) is 6.61 Å². The van der Waals surface area contributed by atoms with Gasteiger partial charge in [0.05, 0.1) is 0 Å². The van der Waals surface area contributed by atoms with Crippen LogP contribution >= 0.6 is 11.3 Å². The summed E-state index contributed by atoms with van der Waals surface area (Å²) in [7, 11) is 0. The van der Waals surface area contributed by atoms with Gasteiger partial charge in [-0.3, -0.25) is 0 Å². The van der Waals surface area contributed by atoms with Crippen molar-refractivity contribution in [1.29, 1.82) is 0 Å². The highest BCUT2D eigenvalue weighted by Crippen LogP contribution is 2.25. The van der Waals surface area contributed by atoms with Crippen molar-refractivity contribution in [3.63, 3.8) is 0 Å². The van der Waals surface area contributed by atoms with Crippen molar-refractivity contribution in [2.24, 2.45) is 0 Å². The Labute approximate surface area is 101 Å². The van der Waals surface area contributed by atoms with E-state index in [2.05, 4.69) is 4.98 Å². The summed E-state index contributed by atoms with van der Waals surface area (Å²) in [6.45, 7) is 0.134. The van der Waals surface area contributed by atoms with Crippen molar-refractivity contribution in [3.05, 3.63) is 40.3 Å². The summed E-state index contributed by atoms with van der Waals surface area (Å²) < 4.78 is 5.32. The van der Waals surface area contributed by atoms with E-state index in [4.69, 9.17) is 9.84 Å². The minimum atomic E-state index is -1.06. The fourth-order valence-corrected chi connectivity index (χ4v) is 1.87. The van der Waals surface area contributed by atoms with E-state index in [9.17, 15) is 9.90 Å². The topological polar surface area (TPSA) is 79.7 Å². The first-order valence-electron chi connectivity index (χ1n) is 4.75. The van der Waals surface area contributed by atoms with Crippen LogP contribution in [0.1, 0.15) is 15.5 Å². The molecule has 1 aromatic carbocycles. The minimum Gasteiger partial charge on any atom is -0.504 e. The van der Waals surface area contributed by atoms with Gasteiger partial charge in [0.15, 0.2) is 17.2 Å². The Morgan fingerprint density at radius 2 is 2.18 bits per heavy atom. The summed E-state index contributed by atoms with van der Waals surface area (Å²) >= 11 is 1.20. The number of hydrogen-bond donors (Lipinski definition) is 2. The van der Waals surface area contributed by atoms with E-state index in [-0.39, 0.29) is 18.1 Å².